The van der Waals surface area contributed by atoms with E-state index in [0.717, 1.165) is 70.0 Å². The molecule has 0 unspecified atom stereocenters. The third-order valence-electron chi connectivity index (χ3n) is 7.58. The van der Waals surface area contributed by atoms with E-state index in [2.05, 4.69) is 103 Å². The zero-order chi connectivity index (χ0) is 30.0. The molecule has 0 spiro atoms. The lowest BCUT2D eigenvalue weighted by atomic mass is 10.2. The highest BCUT2D eigenvalue weighted by molar-refractivity contribution is 6.90. The zero-order valence-electron chi connectivity index (χ0n) is 24.2. The molecule has 0 saturated carbocycles. The Morgan fingerprint density at radius 3 is 1.47 bits per heavy atom. The van der Waals surface area contributed by atoms with E-state index in [1.807, 2.05) is 12.1 Å². The van der Waals surface area contributed by atoms with Gasteiger partial charge in [0.1, 0.15) is 31.0 Å². The van der Waals surface area contributed by atoms with Gasteiger partial charge in [0.2, 0.25) is 9.84 Å². The van der Waals surface area contributed by atoms with Crippen LogP contribution in [-0.2, 0) is 24.9 Å². The molecule has 2 N–H and O–H groups in total. The Morgan fingerprint density at radius 1 is 0.556 bits per heavy atom. The second-order valence-corrected chi connectivity index (χ2v) is 19.3. The molecule has 2 aliphatic heterocycles. The fourth-order valence-corrected chi connectivity index (χ4v) is 14.5. The van der Waals surface area contributed by atoms with E-state index < -0.39 is 0 Å². The molecule has 2 aromatic heterocycles. The maximum Gasteiger partial charge on any atom is 0.220 e. The summed E-state index contributed by atoms with van der Waals surface area (Å²) in [7, 11) is 2.72. The molecular formula is C32H26N8Si5. The predicted molar refractivity (Wildman–Crippen MR) is 187 cm³/mol. The maximum atomic E-state index is 5.06. The third-order valence-corrected chi connectivity index (χ3v) is 15.6. The number of benzene rings is 4. The Morgan fingerprint density at radius 2 is 1.00 bits per heavy atom. The van der Waals surface area contributed by atoms with Crippen LogP contribution in [0, 0.1) is 0 Å². The molecule has 13 heteroatoms. The number of aromatic nitrogens is 4. The van der Waals surface area contributed by atoms with Gasteiger partial charge in [-0.25, -0.2) is 9.97 Å². The molecule has 0 saturated heterocycles. The summed E-state index contributed by atoms with van der Waals surface area (Å²) in [6.45, 7) is 0. The Hall–Kier alpha value is -3.84. The molecule has 10 radical (unpaired) electrons. The Bertz CT molecular complexity index is 1840. The molecule has 45 heavy (non-hydrogen) atoms. The van der Waals surface area contributed by atoms with Crippen molar-refractivity contribution in [2.24, 2.45) is 9.98 Å². The number of H-pyrrole nitrogens is 2. The van der Waals surface area contributed by atoms with Gasteiger partial charge in [0.15, 0.2) is 19.4 Å². The summed E-state index contributed by atoms with van der Waals surface area (Å²) in [5.74, 6) is 2.08. The van der Waals surface area contributed by atoms with E-state index in [9.17, 15) is 0 Å². The number of aromatic amines is 2. The van der Waals surface area contributed by atoms with Gasteiger partial charge in [-0.05, 0) is 47.5 Å². The highest BCUT2D eigenvalue weighted by atomic mass is 28.4. The number of imidazole rings is 2. The van der Waals surface area contributed by atoms with Crippen LogP contribution in [0.4, 0.5) is 11.4 Å². The fraction of sp³-hybridized carbons (Fsp3) is 0.125. The molecule has 0 bridgehead atoms. The van der Waals surface area contributed by atoms with Gasteiger partial charge >= 0.3 is 0 Å². The largest absolute Gasteiger partial charge is 0.356 e. The van der Waals surface area contributed by atoms with E-state index in [1.165, 1.54) is 21.8 Å². The fourth-order valence-electron chi connectivity index (χ4n) is 5.44. The van der Waals surface area contributed by atoms with Crippen molar-refractivity contribution in [3.63, 3.8) is 0 Å². The number of para-hydroxylation sites is 6. The second kappa shape index (κ2) is 12.9. The van der Waals surface area contributed by atoms with Gasteiger partial charge in [-0.2, -0.15) is 0 Å². The van der Waals surface area contributed by atoms with Crippen molar-refractivity contribution in [2.45, 2.75) is 24.9 Å². The number of rotatable bonds is 12. The van der Waals surface area contributed by atoms with E-state index in [-0.39, 0.29) is 0 Å². The van der Waals surface area contributed by atoms with Gasteiger partial charge in [0.25, 0.3) is 0 Å². The topological polar surface area (TPSA) is 88.6 Å². The number of fused-ring (bicyclic) bond motifs is 4. The van der Waals surface area contributed by atoms with Crippen molar-refractivity contribution in [1.82, 2.24) is 27.7 Å². The molecule has 4 aromatic carbocycles. The summed E-state index contributed by atoms with van der Waals surface area (Å²) >= 11 is 0. The molecule has 8 rings (SSSR count). The van der Waals surface area contributed by atoms with Crippen LogP contribution in [0.2, 0.25) is 0 Å². The van der Waals surface area contributed by atoms with Crippen LogP contribution < -0.4 is 0 Å². The van der Waals surface area contributed by atoms with Crippen LogP contribution in [0.1, 0.15) is 22.8 Å². The number of aliphatic imine (C=N–C) groups is 2. The highest BCUT2D eigenvalue weighted by Crippen LogP contribution is 2.27. The molecular weight excluding hydrogens is 637 g/mol. The smallest absolute Gasteiger partial charge is 0.220 e. The first kappa shape index (κ1) is 28.6. The van der Waals surface area contributed by atoms with Crippen LogP contribution in [-0.4, -0.2) is 87.0 Å². The van der Waals surface area contributed by atoms with Crippen molar-refractivity contribution in [2.75, 3.05) is 0 Å². The second-order valence-electron chi connectivity index (χ2n) is 10.8. The molecule has 0 aliphatic carbocycles. The molecule has 4 heterocycles. The number of hydrogen-bond donors (Lipinski definition) is 2. The third kappa shape index (κ3) is 6.60. The molecule has 0 amide bonds. The quantitative estimate of drug-likeness (QED) is 0.191. The molecule has 8 nitrogen and oxygen atoms in total. The van der Waals surface area contributed by atoms with Gasteiger partial charge in [0, 0.05) is 35.6 Å². The predicted octanol–water partition coefficient (Wildman–Crippen LogP) is 4.33. The molecule has 2 aliphatic rings. The van der Waals surface area contributed by atoms with Crippen LogP contribution in [0.25, 0.3) is 22.1 Å². The van der Waals surface area contributed by atoms with E-state index in [4.69, 9.17) is 20.0 Å². The summed E-state index contributed by atoms with van der Waals surface area (Å²) in [4.78, 5) is 27.0. The van der Waals surface area contributed by atoms with Gasteiger partial charge in [0.05, 0.1) is 33.4 Å². The van der Waals surface area contributed by atoms with Crippen LogP contribution >= 0.6 is 0 Å². The summed E-state index contributed by atoms with van der Waals surface area (Å²) in [5.41, 5.74) is 9.13. The first-order chi connectivity index (χ1) is 22.2. The van der Waals surface area contributed by atoms with Crippen molar-refractivity contribution < 1.29 is 0 Å². The van der Waals surface area contributed by atoms with E-state index >= 15 is 0 Å². The van der Waals surface area contributed by atoms with Crippen molar-refractivity contribution in [3.8, 4) is 0 Å². The van der Waals surface area contributed by atoms with Crippen LogP contribution in [0.3, 0.4) is 0 Å². The van der Waals surface area contributed by atoms with Gasteiger partial charge in [-0.15, -0.1) is 0 Å². The zero-order valence-corrected chi connectivity index (χ0v) is 29.2. The minimum absolute atomic E-state index is 0.513. The van der Waals surface area contributed by atoms with Crippen LogP contribution in [0.5, 0.6) is 0 Å². The summed E-state index contributed by atoms with van der Waals surface area (Å²) in [5, 5.41) is 2.52. The summed E-state index contributed by atoms with van der Waals surface area (Å²) in [6.07, 6.45) is 1.85. The highest BCUT2D eigenvalue weighted by Gasteiger charge is 2.25. The summed E-state index contributed by atoms with van der Waals surface area (Å²) < 4.78 is 5.25. The first-order valence-electron chi connectivity index (χ1n) is 14.8. The SMILES string of the molecule is c1ccc2c(c1)CC([Si]N([Si]Cc1nc3ccccc3[nH]1)[Si]N([Si]Cc1nc3ccccc3[nH]1)[Si]C1=Nc3ccccc3C1)=N2. The Labute approximate surface area is 274 Å². The summed E-state index contributed by atoms with van der Waals surface area (Å²) in [6, 6.07) is 35.4. The standard InChI is InChI=1S/C32H26N8Si5/c1-3-11-23-21(9-1)17-31(37-23)43-39(41-19-29-33-25-13-5-6-14-26(25)34-29)45-40(44-32-18-22-10-2-4-12-24(22)38-32)42-20-30-35-27-15-7-8-16-28(27)36-30/h1-16H,17-20H2,(H,33,34)(H,35,36). The molecule has 0 atom stereocenters. The number of nitrogens with zero attached hydrogens (tertiary/aromatic N) is 6. The molecule has 0 fully saturated rings. The number of hydrogen-bond acceptors (Lipinski definition) is 6. The number of nitrogens with one attached hydrogen (secondary N) is 2. The monoisotopic (exact) mass is 662 g/mol. The minimum atomic E-state index is 0.513. The average Bonchev–Trinajstić information content (AvgIpc) is 3.85. The van der Waals surface area contributed by atoms with Crippen molar-refractivity contribution >= 4 is 92.7 Å². The van der Waals surface area contributed by atoms with Gasteiger partial charge in [-0.1, -0.05) is 60.7 Å². The molecule has 6 aromatic rings. The first-order valence-corrected chi connectivity index (χ1v) is 19.9. The molecule has 214 valence electrons. The van der Waals surface area contributed by atoms with Crippen molar-refractivity contribution in [3.05, 3.63) is 120 Å². The van der Waals surface area contributed by atoms with Crippen molar-refractivity contribution in [1.29, 1.82) is 0 Å². The van der Waals surface area contributed by atoms with Gasteiger partial charge in [-0.3, -0.25) is 9.98 Å². The lowest BCUT2D eigenvalue weighted by molar-refractivity contribution is 0.927. The maximum absolute atomic E-state index is 5.06. The van der Waals surface area contributed by atoms with Gasteiger partial charge < -0.3 is 17.8 Å². The lowest BCUT2D eigenvalue weighted by Crippen LogP contribution is -2.52. The average molecular weight is 663 g/mol. The normalized spacial score (nSPS) is 14.0. The minimum Gasteiger partial charge on any atom is -0.356 e. The van der Waals surface area contributed by atoms with E-state index in [1.54, 1.807) is 0 Å². The lowest BCUT2D eigenvalue weighted by Gasteiger charge is -2.27. The Balaban J connectivity index is 1.03. The Kier molecular flexibility index (Phi) is 8.19. The van der Waals surface area contributed by atoms with Crippen LogP contribution in [0.15, 0.2) is 107 Å². The van der Waals surface area contributed by atoms with E-state index in [0.29, 0.717) is 48.6 Å².